The summed E-state index contributed by atoms with van der Waals surface area (Å²) in [6, 6.07) is 0.604. The lowest BCUT2D eigenvalue weighted by Crippen LogP contribution is -2.47. The van der Waals surface area contributed by atoms with Crippen molar-refractivity contribution < 1.29 is 44.7 Å². The predicted octanol–water partition coefficient (Wildman–Crippen LogP) is 4.49. The SMILES string of the molecule is CCn1nccc1C(=O)N[C@H](c1cn2nc(C[C@H]3C[C@@H](C(F)(F)F)CNC3=O)c(CN(C)CC(F)(F)F)nc2n1)C1CCC(F)(F)CC1. The van der Waals surface area contributed by atoms with E-state index in [-0.39, 0.29) is 47.8 Å². The quantitative estimate of drug-likeness (QED) is 0.300. The zero-order chi connectivity index (χ0) is 35.0. The van der Waals surface area contributed by atoms with E-state index in [1.807, 2.05) is 0 Å². The van der Waals surface area contributed by atoms with Gasteiger partial charge in [0.2, 0.25) is 11.8 Å². The molecule has 1 aliphatic heterocycles. The number of nitrogens with zero attached hydrogens (tertiary/aromatic N) is 7. The van der Waals surface area contributed by atoms with Gasteiger partial charge >= 0.3 is 12.4 Å². The van der Waals surface area contributed by atoms with Gasteiger partial charge in [0, 0.05) is 51.0 Å². The van der Waals surface area contributed by atoms with Gasteiger partial charge in [0.05, 0.1) is 41.8 Å². The molecule has 5 rings (SSSR count). The number of nitrogens with one attached hydrogen (secondary N) is 2. The van der Waals surface area contributed by atoms with E-state index >= 15 is 0 Å². The number of carbonyl (C=O) groups is 2. The van der Waals surface area contributed by atoms with Gasteiger partial charge < -0.3 is 10.6 Å². The van der Waals surface area contributed by atoms with E-state index in [9.17, 15) is 44.7 Å². The highest BCUT2D eigenvalue weighted by atomic mass is 19.4. The number of amides is 2. The molecule has 2 aliphatic rings. The average molecular weight is 694 g/mol. The Balaban J connectivity index is 1.51. The summed E-state index contributed by atoms with van der Waals surface area (Å²) in [7, 11) is 1.18. The second-order valence-electron chi connectivity index (χ2n) is 12.5. The van der Waals surface area contributed by atoms with Crippen molar-refractivity contribution in [3.63, 3.8) is 0 Å². The van der Waals surface area contributed by atoms with E-state index in [0.29, 0.717) is 6.54 Å². The van der Waals surface area contributed by atoms with Gasteiger partial charge in [-0.05, 0) is 45.2 Å². The fraction of sp³-hybridized carbons (Fsp3) is 0.655. The van der Waals surface area contributed by atoms with Crippen LogP contribution in [0.2, 0.25) is 0 Å². The summed E-state index contributed by atoms with van der Waals surface area (Å²) in [6.07, 6.45) is -7.92. The Bertz CT molecular complexity index is 1610. The summed E-state index contributed by atoms with van der Waals surface area (Å²) in [4.78, 5) is 35.8. The van der Waals surface area contributed by atoms with Crippen LogP contribution in [0.3, 0.4) is 0 Å². The molecule has 2 amide bonds. The molecule has 3 aromatic heterocycles. The van der Waals surface area contributed by atoms with Crippen molar-refractivity contribution in [1.82, 2.24) is 44.9 Å². The van der Waals surface area contributed by atoms with Crippen molar-refractivity contribution >= 4 is 17.6 Å². The number of carbonyl (C=O) groups excluding carboxylic acids is 2. The van der Waals surface area contributed by atoms with Crippen molar-refractivity contribution in [2.75, 3.05) is 20.1 Å². The third-order valence-electron chi connectivity index (χ3n) is 8.81. The van der Waals surface area contributed by atoms with Crippen LogP contribution in [0, 0.1) is 17.8 Å². The molecule has 2 fully saturated rings. The number of alkyl halides is 8. The van der Waals surface area contributed by atoms with Crippen molar-refractivity contribution in [2.45, 2.75) is 82.9 Å². The zero-order valence-corrected chi connectivity index (χ0v) is 26.1. The van der Waals surface area contributed by atoms with Gasteiger partial charge in [0.15, 0.2) is 0 Å². The lowest BCUT2D eigenvalue weighted by atomic mass is 9.81. The molecular weight excluding hydrogens is 658 g/mol. The minimum atomic E-state index is -4.58. The molecule has 264 valence electrons. The maximum Gasteiger partial charge on any atom is 0.401 e. The average Bonchev–Trinajstić information content (AvgIpc) is 3.62. The van der Waals surface area contributed by atoms with Crippen LogP contribution in [0.4, 0.5) is 35.1 Å². The first kappa shape index (κ1) is 35.4. The highest BCUT2D eigenvalue weighted by Crippen LogP contribution is 2.41. The van der Waals surface area contributed by atoms with Crippen molar-refractivity contribution in [3.8, 4) is 0 Å². The summed E-state index contributed by atoms with van der Waals surface area (Å²) in [5, 5.41) is 13.7. The van der Waals surface area contributed by atoms with Gasteiger partial charge in [-0.25, -0.2) is 23.3 Å². The normalized spacial score (nSPS) is 21.4. The van der Waals surface area contributed by atoms with Crippen LogP contribution in [0.1, 0.15) is 72.6 Å². The Hall–Kier alpha value is -3.90. The first-order valence-electron chi connectivity index (χ1n) is 15.5. The van der Waals surface area contributed by atoms with Crippen LogP contribution in [0.5, 0.6) is 0 Å². The number of piperidine rings is 1. The molecule has 2 N–H and O–H groups in total. The Morgan fingerprint density at radius 2 is 1.85 bits per heavy atom. The van der Waals surface area contributed by atoms with Gasteiger partial charge in [-0.1, -0.05) is 0 Å². The van der Waals surface area contributed by atoms with Gasteiger partial charge in [0.25, 0.3) is 11.7 Å². The van der Waals surface area contributed by atoms with Crippen LogP contribution in [-0.2, 0) is 24.3 Å². The highest BCUT2D eigenvalue weighted by Gasteiger charge is 2.45. The van der Waals surface area contributed by atoms with E-state index in [0.717, 1.165) is 4.90 Å². The number of imidazole rings is 1. The monoisotopic (exact) mass is 693 g/mol. The topological polar surface area (TPSA) is 122 Å². The number of halogens is 8. The van der Waals surface area contributed by atoms with Crippen LogP contribution < -0.4 is 10.6 Å². The van der Waals surface area contributed by atoms with E-state index in [1.54, 1.807) is 6.92 Å². The fourth-order valence-electron chi connectivity index (χ4n) is 6.34. The minimum Gasteiger partial charge on any atom is -0.355 e. The largest absolute Gasteiger partial charge is 0.401 e. The molecule has 0 bridgehead atoms. The van der Waals surface area contributed by atoms with Gasteiger partial charge in [-0.3, -0.25) is 19.2 Å². The van der Waals surface area contributed by atoms with Crippen LogP contribution in [0.15, 0.2) is 18.5 Å². The van der Waals surface area contributed by atoms with E-state index in [2.05, 4.69) is 30.8 Å². The highest BCUT2D eigenvalue weighted by molar-refractivity contribution is 5.92. The number of aromatic nitrogens is 6. The molecule has 4 heterocycles. The first-order chi connectivity index (χ1) is 22.4. The Morgan fingerprint density at radius 1 is 1.15 bits per heavy atom. The van der Waals surface area contributed by atoms with E-state index < -0.39 is 92.8 Å². The van der Waals surface area contributed by atoms with Crippen LogP contribution in [-0.4, -0.2) is 84.5 Å². The maximum atomic E-state index is 14.1. The molecule has 0 radical (unpaired) electrons. The molecule has 0 spiro atoms. The number of rotatable bonds is 10. The molecule has 19 heteroatoms. The molecular formula is C29H35F8N9O2. The van der Waals surface area contributed by atoms with Crippen molar-refractivity contribution in [2.24, 2.45) is 17.8 Å². The number of aryl methyl sites for hydroxylation is 1. The molecule has 0 aromatic carbocycles. The third-order valence-corrected chi connectivity index (χ3v) is 8.81. The molecule has 1 saturated heterocycles. The molecule has 3 aromatic rings. The van der Waals surface area contributed by atoms with Crippen LogP contribution >= 0.6 is 0 Å². The molecule has 0 unspecified atom stereocenters. The summed E-state index contributed by atoms with van der Waals surface area (Å²) < 4.78 is 111. The summed E-state index contributed by atoms with van der Waals surface area (Å²) in [5.74, 6) is -7.62. The van der Waals surface area contributed by atoms with Gasteiger partial charge in [0.1, 0.15) is 5.69 Å². The number of fused-ring (bicyclic) bond motifs is 1. The van der Waals surface area contributed by atoms with Crippen LogP contribution in [0.25, 0.3) is 5.78 Å². The predicted molar refractivity (Wildman–Crippen MR) is 153 cm³/mol. The van der Waals surface area contributed by atoms with Gasteiger partial charge in [-0.15, -0.1) is 0 Å². The molecule has 1 saturated carbocycles. The summed E-state index contributed by atoms with van der Waals surface area (Å²) in [6.45, 7) is -0.167. The number of hydrogen-bond acceptors (Lipinski definition) is 7. The first-order valence-corrected chi connectivity index (χ1v) is 15.5. The second kappa shape index (κ2) is 13.5. The Kier molecular flexibility index (Phi) is 9.99. The third kappa shape index (κ3) is 8.38. The molecule has 11 nitrogen and oxygen atoms in total. The summed E-state index contributed by atoms with van der Waals surface area (Å²) in [5.41, 5.74) is 0.385. The molecule has 48 heavy (non-hydrogen) atoms. The van der Waals surface area contributed by atoms with E-state index in [4.69, 9.17) is 0 Å². The maximum absolute atomic E-state index is 14.1. The zero-order valence-electron chi connectivity index (χ0n) is 26.1. The lowest BCUT2D eigenvalue weighted by molar-refractivity contribution is -0.183. The van der Waals surface area contributed by atoms with Crippen molar-refractivity contribution in [1.29, 1.82) is 0 Å². The smallest absolute Gasteiger partial charge is 0.355 e. The molecule has 1 aliphatic carbocycles. The summed E-state index contributed by atoms with van der Waals surface area (Å²) >= 11 is 0. The minimum absolute atomic E-state index is 0.00630. The number of hydrogen-bond donors (Lipinski definition) is 2. The Labute approximate surface area is 269 Å². The fourth-order valence-corrected chi connectivity index (χ4v) is 6.34. The lowest BCUT2D eigenvalue weighted by Gasteiger charge is -2.33. The standard InChI is InChI=1S/C29H35F8N9O2/c1-3-45-22(6-9-39-45)25(48)42-23(16-4-7-27(30,31)8-5-16)21-14-46-26(41-21)40-20(13-44(2)15-28(32,33)34)19(43-46)11-17-10-18(29(35,36)37)12-38-24(17)47/h6,9,14,16-18,23H,3-5,7-8,10-13,15H2,1-2H3,(H,38,47)(H,42,48)/t17-,18-,23+/m1/s1. The van der Waals surface area contributed by atoms with Gasteiger partial charge in [-0.2, -0.15) is 36.5 Å². The van der Waals surface area contributed by atoms with E-state index in [1.165, 1.54) is 34.7 Å². The molecule has 3 atom stereocenters. The second-order valence-corrected chi connectivity index (χ2v) is 12.5. The Morgan fingerprint density at radius 3 is 2.50 bits per heavy atom. The van der Waals surface area contributed by atoms with Crippen molar-refractivity contribution in [3.05, 3.63) is 41.2 Å².